The highest BCUT2D eigenvalue weighted by Crippen LogP contribution is 2.26. The van der Waals surface area contributed by atoms with E-state index in [2.05, 4.69) is 10.6 Å². The van der Waals surface area contributed by atoms with Crippen LogP contribution in [0, 0.1) is 24.0 Å². The minimum Gasteiger partial charge on any atom is -0.380 e. The van der Waals surface area contributed by atoms with E-state index >= 15 is 0 Å². The van der Waals surface area contributed by atoms with Crippen LogP contribution in [0.1, 0.15) is 28.4 Å². The Morgan fingerprint density at radius 2 is 1.82 bits per heavy atom. The van der Waals surface area contributed by atoms with Gasteiger partial charge in [-0.15, -0.1) is 0 Å². The first kappa shape index (κ1) is 20.9. The lowest BCUT2D eigenvalue weighted by Gasteiger charge is -2.18. The third kappa shape index (κ3) is 5.06. The molecule has 0 fully saturated rings. The summed E-state index contributed by atoms with van der Waals surface area (Å²) in [6.07, 6.45) is 0. The number of nitrogens with one attached hydrogen (secondary N) is 2. The molecule has 2 aromatic rings. The van der Waals surface area contributed by atoms with Crippen LogP contribution in [0.5, 0.6) is 0 Å². The molecule has 2 N–H and O–H groups in total. The van der Waals surface area contributed by atoms with E-state index in [9.17, 15) is 19.7 Å². The molecular formula is C20H24N4O4. The molecule has 148 valence electrons. The average Bonchev–Trinajstić information content (AvgIpc) is 2.64. The molecule has 0 radical (unpaired) electrons. The summed E-state index contributed by atoms with van der Waals surface area (Å²) in [5, 5.41) is 16.9. The normalized spacial score (nSPS) is 10.3. The van der Waals surface area contributed by atoms with Crippen molar-refractivity contribution in [3.63, 3.8) is 0 Å². The Morgan fingerprint density at radius 1 is 1.11 bits per heavy atom. The van der Waals surface area contributed by atoms with Crippen molar-refractivity contribution in [3.8, 4) is 0 Å². The van der Waals surface area contributed by atoms with Gasteiger partial charge in [0.25, 0.3) is 11.6 Å². The Bertz CT molecular complexity index is 911. The number of nitro groups is 1. The van der Waals surface area contributed by atoms with Crippen molar-refractivity contribution in [1.29, 1.82) is 0 Å². The van der Waals surface area contributed by atoms with E-state index in [1.807, 2.05) is 39.0 Å². The van der Waals surface area contributed by atoms with Crippen molar-refractivity contribution in [1.82, 2.24) is 4.90 Å². The molecule has 2 amide bonds. The van der Waals surface area contributed by atoms with Crippen molar-refractivity contribution >= 4 is 28.9 Å². The van der Waals surface area contributed by atoms with Gasteiger partial charge in [-0.3, -0.25) is 19.7 Å². The third-order valence-corrected chi connectivity index (χ3v) is 4.20. The smallest absolute Gasteiger partial charge is 0.293 e. The van der Waals surface area contributed by atoms with Gasteiger partial charge in [0.05, 0.1) is 11.5 Å². The fourth-order valence-electron chi connectivity index (χ4n) is 2.72. The van der Waals surface area contributed by atoms with E-state index < -0.39 is 10.8 Å². The molecule has 2 aromatic carbocycles. The lowest BCUT2D eigenvalue weighted by Crippen LogP contribution is -2.35. The van der Waals surface area contributed by atoms with Crippen molar-refractivity contribution in [2.45, 2.75) is 20.8 Å². The maximum absolute atomic E-state index is 12.6. The molecule has 0 bridgehead atoms. The Kier molecular flexibility index (Phi) is 6.70. The summed E-state index contributed by atoms with van der Waals surface area (Å²) in [5.74, 6) is -0.814. The second-order valence-corrected chi connectivity index (χ2v) is 6.55. The number of carbonyl (C=O) groups excluding carboxylic acids is 2. The number of anilines is 2. The first-order valence-corrected chi connectivity index (χ1v) is 8.87. The zero-order valence-electron chi connectivity index (χ0n) is 16.4. The molecule has 8 nitrogen and oxygen atoms in total. The number of benzene rings is 2. The number of hydrogen-bond acceptors (Lipinski definition) is 5. The monoisotopic (exact) mass is 384 g/mol. The largest absolute Gasteiger partial charge is 0.380 e. The number of likely N-dealkylation sites (N-methyl/N-ethyl adjacent to an activating group) is 1. The molecule has 0 aliphatic rings. The molecule has 0 saturated carbocycles. The Labute approximate surface area is 163 Å². The van der Waals surface area contributed by atoms with E-state index in [-0.39, 0.29) is 23.7 Å². The van der Waals surface area contributed by atoms with Crippen LogP contribution in [0.2, 0.25) is 0 Å². The van der Waals surface area contributed by atoms with Gasteiger partial charge in [-0.1, -0.05) is 12.1 Å². The number of hydrogen-bond donors (Lipinski definition) is 2. The first-order valence-electron chi connectivity index (χ1n) is 8.87. The van der Waals surface area contributed by atoms with Gasteiger partial charge in [-0.05, 0) is 50.1 Å². The first-order chi connectivity index (χ1) is 13.2. The number of rotatable bonds is 7. The third-order valence-electron chi connectivity index (χ3n) is 4.20. The molecular weight excluding hydrogens is 360 g/mol. The number of amides is 2. The summed E-state index contributed by atoms with van der Waals surface area (Å²) in [6.45, 7) is 5.98. The van der Waals surface area contributed by atoms with Crippen molar-refractivity contribution < 1.29 is 14.5 Å². The fraction of sp³-hybridized carbons (Fsp3) is 0.300. The summed E-state index contributed by atoms with van der Waals surface area (Å²) in [6, 6.07) is 9.94. The fourth-order valence-corrected chi connectivity index (χ4v) is 2.72. The molecule has 0 aliphatic heterocycles. The van der Waals surface area contributed by atoms with Crippen LogP contribution < -0.4 is 10.6 Å². The second kappa shape index (κ2) is 8.98. The van der Waals surface area contributed by atoms with E-state index in [4.69, 9.17) is 0 Å². The van der Waals surface area contributed by atoms with Crippen LogP contribution in [-0.2, 0) is 4.79 Å². The lowest BCUT2D eigenvalue weighted by atomic mass is 10.1. The second-order valence-electron chi connectivity index (χ2n) is 6.55. The quantitative estimate of drug-likeness (QED) is 0.563. The van der Waals surface area contributed by atoms with Crippen LogP contribution >= 0.6 is 0 Å². The molecule has 0 aromatic heterocycles. The van der Waals surface area contributed by atoms with Gasteiger partial charge in [-0.25, -0.2) is 0 Å². The summed E-state index contributed by atoms with van der Waals surface area (Å²) in [5.41, 5.74) is 2.94. The lowest BCUT2D eigenvalue weighted by molar-refractivity contribution is -0.384. The number of carbonyl (C=O) groups is 2. The number of nitro benzene ring substituents is 1. The standard InChI is InChI=1S/C20H24N4O4/c1-5-21-16-9-8-15(11-18(16)24(27)28)20(26)23(4)12-19(25)22-17-10-13(2)6-7-14(17)3/h6-11,21H,5,12H2,1-4H3,(H,22,25). The Hall–Kier alpha value is -3.42. The summed E-state index contributed by atoms with van der Waals surface area (Å²) in [4.78, 5) is 36.9. The van der Waals surface area contributed by atoms with E-state index in [0.29, 0.717) is 17.9 Å². The zero-order valence-corrected chi connectivity index (χ0v) is 16.4. The molecule has 8 heteroatoms. The van der Waals surface area contributed by atoms with Gasteiger partial charge < -0.3 is 15.5 Å². The Balaban J connectivity index is 2.11. The van der Waals surface area contributed by atoms with Gasteiger partial charge in [0.2, 0.25) is 5.91 Å². The van der Waals surface area contributed by atoms with Gasteiger partial charge >= 0.3 is 0 Å². The molecule has 0 saturated heterocycles. The molecule has 0 aliphatic carbocycles. The predicted molar refractivity (Wildman–Crippen MR) is 109 cm³/mol. The Morgan fingerprint density at radius 3 is 2.46 bits per heavy atom. The van der Waals surface area contributed by atoms with Crippen molar-refractivity contribution in [2.24, 2.45) is 0 Å². The number of nitrogens with zero attached hydrogens (tertiary/aromatic N) is 2. The molecule has 28 heavy (non-hydrogen) atoms. The molecule has 2 rings (SSSR count). The molecule has 0 atom stereocenters. The summed E-state index contributed by atoms with van der Waals surface area (Å²) >= 11 is 0. The van der Waals surface area contributed by atoms with Crippen molar-refractivity contribution in [2.75, 3.05) is 30.8 Å². The van der Waals surface area contributed by atoms with E-state index in [1.54, 1.807) is 0 Å². The van der Waals surface area contributed by atoms with Crippen LogP contribution in [0.25, 0.3) is 0 Å². The van der Waals surface area contributed by atoms with Crippen molar-refractivity contribution in [3.05, 3.63) is 63.2 Å². The van der Waals surface area contributed by atoms with Crippen LogP contribution in [0.4, 0.5) is 17.1 Å². The maximum Gasteiger partial charge on any atom is 0.293 e. The van der Waals surface area contributed by atoms with Gasteiger partial charge in [0, 0.05) is 30.9 Å². The molecule has 0 spiro atoms. The zero-order chi connectivity index (χ0) is 20.8. The average molecular weight is 384 g/mol. The molecule has 0 unspecified atom stereocenters. The number of aryl methyl sites for hydroxylation is 2. The van der Waals surface area contributed by atoms with Crippen LogP contribution in [0.3, 0.4) is 0 Å². The highest BCUT2D eigenvalue weighted by molar-refractivity contribution is 6.00. The summed E-state index contributed by atoms with van der Waals surface area (Å²) < 4.78 is 0. The highest BCUT2D eigenvalue weighted by Gasteiger charge is 2.20. The van der Waals surface area contributed by atoms with E-state index in [0.717, 1.165) is 11.1 Å². The summed E-state index contributed by atoms with van der Waals surface area (Å²) in [7, 11) is 1.48. The predicted octanol–water partition coefficient (Wildman–Crippen LogP) is 3.35. The van der Waals surface area contributed by atoms with Gasteiger partial charge in [0.1, 0.15) is 5.69 Å². The minimum atomic E-state index is -0.540. The van der Waals surface area contributed by atoms with Gasteiger partial charge in [0.15, 0.2) is 0 Å². The van der Waals surface area contributed by atoms with E-state index in [1.165, 1.54) is 30.1 Å². The highest BCUT2D eigenvalue weighted by atomic mass is 16.6. The topological polar surface area (TPSA) is 105 Å². The molecule has 0 heterocycles. The van der Waals surface area contributed by atoms with Crippen LogP contribution in [0.15, 0.2) is 36.4 Å². The SMILES string of the molecule is CCNc1ccc(C(=O)N(C)CC(=O)Nc2cc(C)ccc2C)cc1[N+](=O)[O-]. The minimum absolute atomic E-state index is 0.149. The van der Waals surface area contributed by atoms with Crippen LogP contribution in [-0.4, -0.2) is 41.8 Å². The van der Waals surface area contributed by atoms with Gasteiger partial charge in [-0.2, -0.15) is 0 Å². The maximum atomic E-state index is 12.6.